The van der Waals surface area contributed by atoms with Crippen molar-refractivity contribution >= 4 is 10.2 Å². The maximum atomic E-state index is 12.5. The lowest BCUT2D eigenvalue weighted by molar-refractivity contribution is 0.0604. The zero-order valence-electron chi connectivity index (χ0n) is 9.38. The molecule has 0 N–H and O–H groups in total. The van der Waals surface area contributed by atoms with Gasteiger partial charge in [0.25, 0.3) is 0 Å². The van der Waals surface area contributed by atoms with Gasteiger partial charge >= 0.3 is 10.2 Å². The zero-order valence-corrected chi connectivity index (χ0v) is 10.2. The van der Waals surface area contributed by atoms with E-state index in [1.165, 1.54) is 0 Å². The molecule has 0 atom stereocenters. The van der Waals surface area contributed by atoms with Crippen LogP contribution in [0.25, 0.3) is 0 Å². The second-order valence-electron chi connectivity index (χ2n) is 4.44. The van der Waals surface area contributed by atoms with Crippen molar-refractivity contribution in [1.82, 2.24) is 0 Å². The third-order valence-electron chi connectivity index (χ3n) is 3.06. The molecule has 94 valence electrons. The van der Waals surface area contributed by atoms with E-state index >= 15 is 0 Å². The second kappa shape index (κ2) is 5.14. The van der Waals surface area contributed by atoms with E-state index in [-0.39, 0.29) is 5.92 Å². The summed E-state index contributed by atoms with van der Waals surface area (Å²) >= 11 is 0. The van der Waals surface area contributed by atoms with Crippen LogP contribution in [0.2, 0.25) is 0 Å². The van der Waals surface area contributed by atoms with E-state index in [9.17, 15) is 12.3 Å². The summed E-state index contributed by atoms with van der Waals surface area (Å²) in [5.74, 6) is 0.175. The van der Waals surface area contributed by atoms with Crippen LogP contribution >= 0.6 is 0 Å². The Morgan fingerprint density at radius 2 is 1.88 bits per heavy atom. The summed E-state index contributed by atoms with van der Waals surface area (Å²) in [7, 11) is -4.33. The van der Waals surface area contributed by atoms with Crippen LogP contribution < -0.4 is 0 Å². The van der Waals surface area contributed by atoms with Gasteiger partial charge in [0, 0.05) is 6.61 Å². The van der Waals surface area contributed by atoms with Gasteiger partial charge in [0.05, 0.1) is 11.9 Å². The first-order valence-corrected chi connectivity index (χ1v) is 7.05. The number of ether oxygens (including phenoxy) is 1. The zero-order chi connectivity index (χ0) is 12.3. The van der Waals surface area contributed by atoms with E-state index in [0.29, 0.717) is 26.1 Å². The van der Waals surface area contributed by atoms with Gasteiger partial charge in [0.2, 0.25) is 0 Å². The minimum absolute atomic E-state index is 0.175. The van der Waals surface area contributed by atoms with E-state index in [4.69, 9.17) is 4.74 Å². The molecule has 3 nitrogen and oxygen atoms in total. The predicted octanol–water partition coefficient (Wildman–Crippen LogP) is 2.28. The summed E-state index contributed by atoms with van der Waals surface area (Å²) in [6, 6.07) is 9.75. The highest BCUT2D eigenvalue weighted by Gasteiger charge is 2.38. The molecule has 0 aliphatic heterocycles. The summed E-state index contributed by atoms with van der Waals surface area (Å²) in [5, 5.41) is -0.798. The smallest absolute Gasteiger partial charge is 0.305 e. The quantitative estimate of drug-likeness (QED) is 0.761. The lowest BCUT2D eigenvalue weighted by atomic mass is 9.85. The number of rotatable bonds is 5. The van der Waals surface area contributed by atoms with Gasteiger partial charge in [0.1, 0.15) is 0 Å². The highest BCUT2D eigenvalue weighted by Crippen LogP contribution is 2.34. The predicted molar refractivity (Wildman–Crippen MR) is 62.6 cm³/mol. The lowest BCUT2D eigenvalue weighted by Gasteiger charge is -2.31. The molecule has 1 aliphatic carbocycles. The fourth-order valence-corrected chi connectivity index (χ4v) is 2.96. The molecular weight excluding hydrogens is 243 g/mol. The summed E-state index contributed by atoms with van der Waals surface area (Å²) < 4.78 is 39.1. The van der Waals surface area contributed by atoms with Crippen LogP contribution in [0.5, 0.6) is 0 Å². The Labute approximate surface area is 101 Å². The molecule has 1 aliphatic rings. The molecule has 0 unspecified atom stereocenters. The summed E-state index contributed by atoms with van der Waals surface area (Å²) in [6.45, 7) is 1.02. The van der Waals surface area contributed by atoms with Gasteiger partial charge in [-0.05, 0) is 24.3 Å². The SMILES string of the molecule is O=S(=O)(F)C1CC(COCc2ccccc2)C1. The summed E-state index contributed by atoms with van der Waals surface area (Å²) in [4.78, 5) is 0. The van der Waals surface area contributed by atoms with Crippen molar-refractivity contribution in [2.24, 2.45) is 5.92 Å². The Morgan fingerprint density at radius 1 is 1.24 bits per heavy atom. The molecule has 1 aromatic carbocycles. The molecule has 0 bridgehead atoms. The third-order valence-corrected chi connectivity index (χ3v) is 4.24. The van der Waals surface area contributed by atoms with E-state index in [0.717, 1.165) is 5.56 Å². The van der Waals surface area contributed by atoms with Gasteiger partial charge in [0.15, 0.2) is 0 Å². The molecule has 5 heteroatoms. The van der Waals surface area contributed by atoms with Crippen molar-refractivity contribution in [1.29, 1.82) is 0 Å². The van der Waals surface area contributed by atoms with Crippen LogP contribution in [-0.4, -0.2) is 20.3 Å². The van der Waals surface area contributed by atoms with Gasteiger partial charge in [-0.3, -0.25) is 0 Å². The van der Waals surface area contributed by atoms with Crippen LogP contribution in [0.3, 0.4) is 0 Å². The molecule has 1 fully saturated rings. The molecule has 17 heavy (non-hydrogen) atoms. The number of halogens is 1. The minimum Gasteiger partial charge on any atom is -0.376 e. The van der Waals surface area contributed by atoms with E-state index in [1.54, 1.807) is 0 Å². The normalized spacial score (nSPS) is 24.3. The molecule has 0 spiro atoms. The molecule has 2 rings (SSSR count). The first-order chi connectivity index (χ1) is 8.05. The largest absolute Gasteiger partial charge is 0.376 e. The number of hydrogen-bond donors (Lipinski definition) is 0. The monoisotopic (exact) mass is 258 g/mol. The molecular formula is C12H15FO3S. The first-order valence-electron chi connectivity index (χ1n) is 5.61. The van der Waals surface area contributed by atoms with Gasteiger partial charge in [-0.2, -0.15) is 8.42 Å². The van der Waals surface area contributed by atoms with Crippen molar-refractivity contribution in [3.8, 4) is 0 Å². The number of hydrogen-bond acceptors (Lipinski definition) is 3. The average molecular weight is 258 g/mol. The maximum Gasteiger partial charge on any atom is 0.305 e. The molecule has 0 saturated heterocycles. The van der Waals surface area contributed by atoms with Crippen LogP contribution in [0.1, 0.15) is 18.4 Å². The molecule has 1 aromatic rings. The van der Waals surface area contributed by atoms with Crippen molar-refractivity contribution in [3.63, 3.8) is 0 Å². The standard InChI is InChI=1S/C12H15FO3S/c13-17(14,15)12-6-11(7-12)9-16-8-10-4-2-1-3-5-10/h1-5,11-12H,6-9H2. The Bertz CT molecular complexity index is 452. The van der Waals surface area contributed by atoms with Gasteiger partial charge < -0.3 is 4.74 Å². The molecule has 1 saturated carbocycles. The Kier molecular flexibility index (Phi) is 3.79. The fraction of sp³-hybridized carbons (Fsp3) is 0.500. The number of benzene rings is 1. The summed E-state index contributed by atoms with van der Waals surface area (Å²) in [5.41, 5.74) is 1.08. The van der Waals surface area contributed by atoms with Crippen molar-refractivity contribution in [3.05, 3.63) is 35.9 Å². The molecule has 0 heterocycles. The average Bonchev–Trinajstić information content (AvgIpc) is 2.21. The fourth-order valence-electron chi connectivity index (χ4n) is 1.96. The van der Waals surface area contributed by atoms with Crippen LogP contribution in [0.4, 0.5) is 3.89 Å². The van der Waals surface area contributed by atoms with Crippen LogP contribution in [0, 0.1) is 5.92 Å². The Morgan fingerprint density at radius 3 is 2.47 bits per heavy atom. The van der Waals surface area contributed by atoms with Crippen molar-refractivity contribution < 1.29 is 17.0 Å². The first kappa shape index (κ1) is 12.5. The van der Waals surface area contributed by atoms with E-state index < -0.39 is 15.5 Å². The molecule has 0 radical (unpaired) electrons. The van der Waals surface area contributed by atoms with Crippen LogP contribution in [-0.2, 0) is 21.6 Å². The second-order valence-corrected chi connectivity index (χ2v) is 6.05. The third kappa shape index (κ3) is 3.51. The van der Waals surface area contributed by atoms with E-state index in [1.807, 2.05) is 30.3 Å². The molecule has 0 aromatic heterocycles. The van der Waals surface area contributed by atoms with E-state index in [2.05, 4.69) is 0 Å². The summed E-state index contributed by atoms with van der Waals surface area (Å²) in [6.07, 6.45) is 0.765. The van der Waals surface area contributed by atoms with Gasteiger partial charge in [-0.25, -0.2) is 0 Å². The topological polar surface area (TPSA) is 43.4 Å². The highest BCUT2D eigenvalue weighted by atomic mass is 32.3. The highest BCUT2D eigenvalue weighted by molar-refractivity contribution is 7.87. The van der Waals surface area contributed by atoms with Crippen molar-refractivity contribution in [2.75, 3.05) is 6.61 Å². The van der Waals surface area contributed by atoms with Crippen LogP contribution in [0.15, 0.2) is 30.3 Å². The Balaban J connectivity index is 1.66. The lowest BCUT2D eigenvalue weighted by Crippen LogP contribution is -2.36. The van der Waals surface area contributed by atoms with Crippen molar-refractivity contribution in [2.45, 2.75) is 24.7 Å². The van der Waals surface area contributed by atoms with Gasteiger partial charge in [-0.1, -0.05) is 30.3 Å². The Hall–Kier alpha value is -0.940. The maximum absolute atomic E-state index is 12.5. The van der Waals surface area contributed by atoms with Gasteiger partial charge in [-0.15, -0.1) is 3.89 Å². The molecule has 0 amide bonds. The minimum atomic E-state index is -4.33.